The van der Waals surface area contributed by atoms with Crippen molar-refractivity contribution in [2.45, 2.75) is 83.8 Å². The van der Waals surface area contributed by atoms with Gasteiger partial charge in [-0.2, -0.15) is 8.62 Å². The van der Waals surface area contributed by atoms with Crippen LogP contribution in [0.15, 0.2) is 50.9 Å². The molecule has 6 atom stereocenters. The predicted octanol–water partition coefficient (Wildman–Crippen LogP) is 2.34. The lowest BCUT2D eigenvalue weighted by atomic mass is 9.97. The van der Waals surface area contributed by atoms with Gasteiger partial charge in [-0.05, 0) is 53.4 Å². The van der Waals surface area contributed by atoms with E-state index in [2.05, 4.69) is 35.3 Å². The summed E-state index contributed by atoms with van der Waals surface area (Å²) in [5.41, 5.74) is -0.879. The third-order valence-electron chi connectivity index (χ3n) is 7.05. The van der Waals surface area contributed by atoms with Crippen molar-refractivity contribution in [3.05, 3.63) is 62.1 Å². The Morgan fingerprint density at radius 3 is 2.19 bits per heavy atom. The number of rotatable bonds is 16. The van der Waals surface area contributed by atoms with Crippen LogP contribution in [0.25, 0.3) is 11.2 Å². The maximum atomic E-state index is 12.4. The molecule has 3 rings (SSSR count). The van der Waals surface area contributed by atoms with E-state index in [9.17, 15) is 43.3 Å². The molecule has 0 radical (unpaired) electrons. The van der Waals surface area contributed by atoms with Gasteiger partial charge in [0.05, 0.1) is 12.9 Å². The number of ether oxygens (including phenoxy) is 1. The van der Waals surface area contributed by atoms with Gasteiger partial charge in [0.1, 0.15) is 24.0 Å². The molecule has 0 aliphatic carbocycles. The van der Waals surface area contributed by atoms with Gasteiger partial charge in [-0.15, -0.1) is 0 Å². The Hall–Kier alpha value is -2.34. The van der Waals surface area contributed by atoms with Crippen molar-refractivity contribution in [3.63, 3.8) is 0 Å². The molecular weight excluding hydrogens is 689 g/mol. The summed E-state index contributed by atoms with van der Waals surface area (Å²) in [6, 6.07) is 0. The zero-order valence-electron chi connectivity index (χ0n) is 25.9. The Balaban J connectivity index is 1.88. The Bertz CT molecular complexity index is 1790. The van der Waals surface area contributed by atoms with Crippen molar-refractivity contribution in [3.8, 4) is 0 Å². The van der Waals surface area contributed by atoms with Crippen LogP contribution in [0.4, 0.5) is 0 Å². The summed E-state index contributed by atoms with van der Waals surface area (Å²) in [5.74, 6) is 0. The molecule has 0 spiro atoms. The number of nitrogens with one attached hydrogen (secondary N) is 2. The molecule has 47 heavy (non-hydrogen) atoms. The number of aliphatic hydroxyl groups is 2. The molecule has 1 saturated heterocycles. The van der Waals surface area contributed by atoms with Crippen LogP contribution in [0.1, 0.15) is 59.8 Å². The normalized spacial score (nSPS) is 25.1. The standard InChI is InChI=1S/C25H39N4O15P3/c1-15(2)7-5-8-16(3)9-6-10-17(4)11-12-25(29-14-26-19-22(29)27-24(33)28-23(19)32)21(31)20(30)18(42-25)13-41-46(37,38)44-47(39,40)43-45(34,35)36/h7,9,11,14,18,20-21,30-31H,5-6,8,10,12-13H2,1-4H3,(H,37,38)(H,39,40)(H2,34,35,36)(H2,27,28,32,33)/t18-,20-,21-,25-/m1/s1. The second kappa shape index (κ2) is 15.5. The van der Waals surface area contributed by atoms with Gasteiger partial charge in [-0.1, -0.05) is 34.9 Å². The molecule has 1 fully saturated rings. The third kappa shape index (κ3) is 10.8. The van der Waals surface area contributed by atoms with Gasteiger partial charge in [-0.3, -0.25) is 23.9 Å². The van der Waals surface area contributed by atoms with Crippen LogP contribution in [0.5, 0.6) is 0 Å². The van der Waals surface area contributed by atoms with Crippen LogP contribution in [-0.4, -0.2) is 74.2 Å². The average molecular weight is 729 g/mol. The number of hydrogen-bond acceptors (Lipinski definition) is 12. The van der Waals surface area contributed by atoms with Gasteiger partial charge >= 0.3 is 29.2 Å². The number of fused-ring (bicyclic) bond motifs is 1. The predicted molar refractivity (Wildman–Crippen MR) is 166 cm³/mol. The summed E-state index contributed by atoms with van der Waals surface area (Å²) in [6.07, 6.45) is 4.61. The number of H-pyrrole nitrogens is 2. The largest absolute Gasteiger partial charge is 0.490 e. The summed E-state index contributed by atoms with van der Waals surface area (Å²) in [7, 11) is -17.1. The van der Waals surface area contributed by atoms with E-state index in [1.54, 1.807) is 6.08 Å². The number of phosphoric acid groups is 3. The van der Waals surface area contributed by atoms with E-state index < -0.39 is 65.4 Å². The maximum Gasteiger partial charge on any atom is 0.490 e. The summed E-state index contributed by atoms with van der Waals surface area (Å²) >= 11 is 0. The van der Waals surface area contributed by atoms with E-state index in [0.29, 0.717) is 12.8 Å². The maximum absolute atomic E-state index is 12.4. The fraction of sp³-hybridized carbons (Fsp3) is 0.560. The van der Waals surface area contributed by atoms with Crippen molar-refractivity contribution in [1.82, 2.24) is 19.5 Å². The number of aliphatic hydroxyl groups excluding tert-OH is 2. The van der Waals surface area contributed by atoms with E-state index in [-0.39, 0.29) is 17.6 Å². The average Bonchev–Trinajstić information content (AvgIpc) is 3.44. The highest BCUT2D eigenvalue weighted by molar-refractivity contribution is 7.66. The smallest absolute Gasteiger partial charge is 0.387 e. The molecule has 22 heteroatoms. The number of aromatic amines is 2. The highest BCUT2D eigenvalue weighted by Crippen LogP contribution is 2.66. The molecule has 264 valence electrons. The zero-order valence-corrected chi connectivity index (χ0v) is 28.6. The number of imidazole rings is 1. The van der Waals surface area contributed by atoms with Crippen LogP contribution in [0.2, 0.25) is 0 Å². The molecule has 0 aromatic carbocycles. The minimum Gasteiger partial charge on any atom is -0.387 e. The van der Waals surface area contributed by atoms with Gasteiger partial charge < -0.3 is 34.5 Å². The molecule has 8 N–H and O–H groups in total. The quantitative estimate of drug-likeness (QED) is 0.0909. The van der Waals surface area contributed by atoms with Crippen molar-refractivity contribution in [2.24, 2.45) is 0 Å². The molecule has 2 unspecified atom stereocenters. The number of phosphoric ester groups is 1. The van der Waals surface area contributed by atoms with Gasteiger partial charge in [0.25, 0.3) is 5.56 Å². The SMILES string of the molecule is CC(C)=CCCC(C)=CCCC(C)=CC[C@@]1(n2cnc3c(=O)[nH]c(=O)[nH]c32)O[C@H](COP(=O)(O)OP(=O)(O)OP(=O)(O)O)[C@@H](O)[C@H]1O. The van der Waals surface area contributed by atoms with E-state index in [1.807, 2.05) is 32.7 Å². The molecule has 3 heterocycles. The number of allylic oxidation sites excluding steroid dienone is 5. The zero-order chi connectivity index (χ0) is 35.4. The van der Waals surface area contributed by atoms with Crippen molar-refractivity contribution >= 4 is 34.6 Å². The highest BCUT2D eigenvalue weighted by atomic mass is 31.3. The number of aromatic nitrogens is 4. The van der Waals surface area contributed by atoms with Gasteiger partial charge in [0.2, 0.25) is 0 Å². The molecule has 2 aromatic rings. The summed E-state index contributed by atoms with van der Waals surface area (Å²) in [5, 5.41) is 22.2. The first-order valence-electron chi connectivity index (χ1n) is 14.1. The first kappa shape index (κ1) is 39.1. The molecule has 0 bridgehead atoms. The lowest BCUT2D eigenvalue weighted by Gasteiger charge is -2.33. The second-order valence-corrected chi connectivity index (χ2v) is 15.6. The Morgan fingerprint density at radius 2 is 1.57 bits per heavy atom. The van der Waals surface area contributed by atoms with Crippen LogP contribution in [0, 0.1) is 0 Å². The minimum absolute atomic E-state index is 0.181. The van der Waals surface area contributed by atoms with Crippen molar-refractivity contribution in [1.29, 1.82) is 0 Å². The van der Waals surface area contributed by atoms with Crippen LogP contribution >= 0.6 is 23.5 Å². The second-order valence-electron chi connectivity index (χ2n) is 11.2. The molecule has 1 aliphatic rings. The van der Waals surface area contributed by atoms with Crippen LogP contribution in [0.3, 0.4) is 0 Å². The van der Waals surface area contributed by atoms with E-state index in [0.717, 1.165) is 29.3 Å². The molecule has 19 nitrogen and oxygen atoms in total. The third-order valence-corrected chi connectivity index (χ3v) is 10.9. The highest BCUT2D eigenvalue weighted by Gasteiger charge is 2.56. The lowest BCUT2D eigenvalue weighted by molar-refractivity contribution is -0.142. The molecule has 0 amide bonds. The van der Waals surface area contributed by atoms with Gasteiger partial charge in [0, 0.05) is 6.42 Å². The molecule has 0 saturated carbocycles. The molecule has 1 aliphatic heterocycles. The van der Waals surface area contributed by atoms with Gasteiger partial charge in [0.15, 0.2) is 11.2 Å². The number of hydrogen-bond donors (Lipinski definition) is 8. The van der Waals surface area contributed by atoms with Crippen LogP contribution < -0.4 is 11.2 Å². The van der Waals surface area contributed by atoms with E-state index in [4.69, 9.17) is 14.5 Å². The van der Waals surface area contributed by atoms with Crippen molar-refractivity contribution in [2.75, 3.05) is 6.61 Å². The van der Waals surface area contributed by atoms with Gasteiger partial charge in [-0.25, -0.2) is 23.5 Å². The van der Waals surface area contributed by atoms with Crippen molar-refractivity contribution < 1.29 is 61.4 Å². The Morgan fingerprint density at radius 1 is 0.957 bits per heavy atom. The fourth-order valence-electron chi connectivity index (χ4n) is 4.82. The summed E-state index contributed by atoms with van der Waals surface area (Å²) in [4.78, 5) is 69.6. The molecule has 2 aromatic heterocycles. The monoisotopic (exact) mass is 728 g/mol. The Labute approximate surface area is 268 Å². The summed E-state index contributed by atoms with van der Waals surface area (Å²) < 4.78 is 54.0. The first-order valence-corrected chi connectivity index (χ1v) is 18.6. The lowest BCUT2D eigenvalue weighted by Crippen LogP contribution is -2.45. The topological polar surface area (TPSA) is 293 Å². The Kier molecular flexibility index (Phi) is 12.9. The fourth-order valence-corrected chi connectivity index (χ4v) is 7.85. The number of nitrogens with zero attached hydrogens (tertiary/aromatic N) is 2. The van der Waals surface area contributed by atoms with E-state index >= 15 is 0 Å². The first-order chi connectivity index (χ1) is 21.6. The van der Waals surface area contributed by atoms with Crippen LogP contribution in [-0.2, 0) is 37.3 Å². The van der Waals surface area contributed by atoms with E-state index in [1.165, 1.54) is 11.1 Å². The molecular formula is C25H39N4O15P3. The summed E-state index contributed by atoms with van der Waals surface area (Å²) in [6.45, 7) is 6.85. The minimum atomic E-state index is -5.82.